The average Bonchev–Trinajstić information content (AvgIpc) is 2.23. The van der Waals surface area contributed by atoms with Crippen molar-refractivity contribution in [3.8, 4) is 0 Å². The third-order valence-corrected chi connectivity index (χ3v) is 4.41. The first-order valence-electron chi connectivity index (χ1n) is 7.34. The molecule has 1 saturated carbocycles. The Kier molecular flexibility index (Phi) is 3.90. The number of aliphatic hydroxyl groups is 1. The number of hydrogen-bond donors (Lipinski definition) is 1. The fourth-order valence-corrected chi connectivity index (χ4v) is 4.10. The SMILES string of the molecule is Cc1cc(C(F)(F)F)ccc1C1(O)CC(C)CC(C)(C)C1. The maximum Gasteiger partial charge on any atom is 0.416 e. The minimum atomic E-state index is -4.34. The number of benzene rings is 1. The maximum absolute atomic E-state index is 12.8. The van der Waals surface area contributed by atoms with Gasteiger partial charge < -0.3 is 5.11 Å². The molecule has 0 aliphatic heterocycles. The largest absolute Gasteiger partial charge is 0.416 e. The van der Waals surface area contributed by atoms with Gasteiger partial charge in [-0.1, -0.05) is 26.8 Å². The number of alkyl halides is 3. The van der Waals surface area contributed by atoms with Gasteiger partial charge in [-0.15, -0.1) is 0 Å². The van der Waals surface area contributed by atoms with E-state index in [1.54, 1.807) is 6.92 Å². The summed E-state index contributed by atoms with van der Waals surface area (Å²) >= 11 is 0. The third-order valence-electron chi connectivity index (χ3n) is 4.41. The molecule has 2 atom stereocenters. The van der Waals surface area contributed by atoms with Crippen LogP contribution in [-0.4, -0.2) is 5.11 Å². The molecule has 0 heterocycles. The second-order valence-electron chi connectivity index (χ2n) is 7.41. The van der Waals surface area contributed by atoms with Gasteiger partial charge in [0.25, 0.3) is 0 Å². The van der Waals surface area contributed by atoms with Gasteiger partial charge in [-0.05, 0) is 60.8 Å². The molecule has 0 saturated heterocycles. The summed E-state index contributed by atoms with van der Waals surface area (Å²) in [6.45, 7) is 7.94. The van der Waals surface area contributed by atoms with Crippen molar-refractivity contribution >= 4 is 0 Å². The molecule has 1 aromatic carbocycles. The van der Waals surface area contributed by atoms with Gasteiger partial charge in [-0.3, -0.25) is 0 Å². The lowest BCUT2D eigenvalue weighted by Crippen LogP contribution is -2.40. The van der Waals surface area contributed by atoms with Crippen LogP contribution in [0.2, 0.25) is 0 Å². The van der Waals surface area contributed by atoms with E-state index in [0.717, 1.165) is 18.6 Å². The quantitative estimate of drug-likeness (QED) is 0.769. The third kappa shape index (κ3) is 3.42. The van der Waals surface area contributed by atoms with E-state index < -0.39 is 17.3 Å². The molecule has 2 rings (SSSR count). The smallest absolute Gasteiger partial charge is 0.385 e. The Hall–Kier alpha value is -1.03. The summed E-state index contributed by atoms with van der Waals surface area (Å²) in [4.78, 5) is 0. The number of rotatable bonds is 1. The Morgan fingerprint density at radius 3 is 2.29 bits per heavy atom. The molecular weight excluding hydrogens is 277 g/mol. The molecule has 0 aromatic heterocycles. The van der Waals surface area contributed by atoms with E-state index in [4.69, 9.17) is 0 Å². The lowest BCUT2D eigenvalue weighted by Gasteiger charge is -2.45. The molecule has 2 unspecified atom stereocenters. The standard InChI is InChI=1S/C17H23F3O/c1-11-8-15(3,4)10-16(21,9-11)14-6-5-13(7-12(14)2)17(18,19)20/h5-7,11,21H,8-10H2,1-4H3. The normalized spacial score (nSPS) is 29.4. The van der Waals surface area contributed by atoms with Crippen LogP contribution in [0.15, 0.2) is 18.2 Å². The van der Waals surface area contributed by atoms with Gasteiger partial charge in [0.05, 0.1) is 11.2 Å². The molecule has 0 spiro atoms. The van der Waals surface area contributed by atoms with Crippen molar-refractivity contribution in [2.75, 3.05) is 0 Å². The predicted octanol–water partition coefficient (Wildman–Crippen LogP) is 5.05. The van der Waals surface area contributed by atoms with Gasteiger partial charge in [0.15, 0.2) is 0 Å². The lowest BCUT2D eigenvalue weighted by molar-refractivity contribution is -0.137. The molecule has 0 amide bonds. The minimum absolute atomic E-state index is 0.0123. The summed E-state index contributed by atoms with van der Waals surface area (Å²) in [5.41, 5.74) is -0.556. The van der Waals surface area contributed by atoms with E-state index in [2.05, 4.69) is 20.8 Å². The van der Waals surface area contributed by atoms with E-state index in [1.165, 1.54) is 6.07 Å². The Labute approximate surface area is 124 Å². The molecule has 21 heavy (non-hydrogen) atoms. The highest BCUT2D eigenvalue weighted by molar-refractivity contribution is 5.37. The number of halogens is 3. The Balaban J connectivity index is 2.41. The maximum atomic E-state index is 12.8. The zero-order valence-electron chi connectivity index (χ0n) is 13.0. The highest BCUT2D eigenvalue weighted by Gasteiger charge is 2.43. The van der Waals surface area contributed by atoms with Crippen molar-refractivity contribution in [3.63, 3.8) is 0 Å². The Morgan fingerprint density at radius 2 is 1.81 bits per heavy atom. The number of aryl methyl sites for hydroxylation is 1. The van der Waals surface area contributed by atoms with Crippen LogP contribution < -0.4 is 0 Å². The molecule has 0 radical (unpaired) electrons. The number of hydrogen-bond acceptors (Lipinski definition) is 1. The van der Waals surface area contributed by atoms with Crippen molar-refractivity contribution in [1.82, 2.24) is 0 Å². The monoisotopic (exact) mass is 300 g/mol. The van der Waals surface area contributed by atoms with Gasteiger partial charge in [-0.25, -0.2) is 0 Å². The predicted molar refractivity (Wildman–Crippen MR) is 76.9 cm³/mol. The van der Waals surface area contributed by atoms with Gasteiger partial charge in [-0.2, -0.15) is 13.2 Å². The summed E-state index contributed by atoms with van der Waals surface area (Å²) in [5, 5.41) is 11.0. The molecule has 118 valence electrons. The van der Waals surface area contributed by atoms with E-state index in [9.17, 15) is 18.3 Å². The summed E-state index contributed by atoms with van der Waals surface area (Å²) in [6, 6.07) is 3.67. The molecule has 4 heteroatoms. The van der Waals surface area contributed by atoms with E-state index in [1.807, 2.05) is 0 Å². The molecular formula is C17H23F3O. The molecule has 1 fully saturated rings. The molecule has 1 N–H and O–H groups in total. The fraction of sp³-hybridized carbons (Fsp3) is 0.647. The molecule has 1 nitrogen and oxygen atoms in total. The Bertz CT molecular complexity index is 533. The van der Waals surface area contributed by atoms with Gasteiger partial charge in [0.2, 0.25) is 0 Å². The first kappa shape index (κ1) is 16.3. The van der Waals surface area contributed by atoms with E-state index >= 15 is 0 Å². The van der Waals surface area contributed by atoms with Crippen LogP contribution in [0.25, 0.3) is 0 Å². The van der Waals surface area contributed by atoms with Crippen LogP contribution in [0.1, 0.15) is 56.7 Å². The van der Waals surface area contributed by atoms with Crippen LogP contribution in [0.4, 0.5) is 13.2 Å². The Morgan fingerprint density at radius 1 is 1.19 bits per heavy atom. The van der Waals surface area contributed by atoms with Crippen LogP contribution in [0.5, 0.6) is 0 Å². The first-order chi connectivity index (χ1) is 9.43. The zero-order valence-corrected chi connectivity index (χ0v) is 13.0. The summed E-state index contributed by atoms with van der Waals surface area (Å²) < 4.78 is 38.3. The van der Waals surface area contributed by atoms with Crippen LogP contribution in [0.3, 0.4) is 0 Å². The van der Waals surface area contributed by atoms with Crippen molar-refractivity contribution in [2.45, 2.75) is 58.7 Å². The molecule has 1 aliphatic carbocycles. The molecule has 1 aromatic rings. The fourth-order valence-electron chi connectivity index (χ4n) is 4.10. The minimum Gasteiger partial charge on any atom is -0.385 e. The van der Waals surface area contributed by atoms with Crippen molar-refractivity contribution in [2.24, 2.45) is 11.3 Å². The molecule has 1 aliphatic rings. The summed E-state index contributed by atoms with van der Waals surface area (Å²) in [5.74, 6) is 0.348. The highest BCUT2D eigenvalue weighted by atomic mass is 19.4. The average molecular weight is 300 g/mol. The van der Waals surface area contributed by atoms with Gasteiger partial charge >= 0.3 is 6.18 Å². The summed E-state index contributed by atoms with van der Waals surface area (Å²) in [7, 11) is 0. The highest BCUT2D eigenvalue weighted by Crippen LogP contribution is 2.49. The van der Waals surface area contributed by atoms with Crippen LogP contribution in [0, 0.1) is 18.3 Å². The second-order valence-corrected chi connectivity index (χ2v) is 7.41. The lowest BCUT2D eigenvalue weighted by atomic mass is 9.63. The van der Waals surface area contributed by atoms with Crippen LogP contribution >= 0.6 is 0 Å². The topological polar surface area (TPSA) is 20.2 Å². The summed E-state index contributed by atoms with van der Waals surface area (Å²) in [6.07, 6.45) is -2.14. The van der Waals surface area contributed by atoms with Crippen molar-refractivity contribution in [1.29, 1.82) is 0 Å². The van der Waals surface area contributed by atoms with Gasteiger partial charge in [0.1, 0.15) is 0 Å². The second kappa shape index (κ2) is 5.01. The zero-order chi connectivity index (χ0) is 16.1. The van der Waals surface area contributed by atoms with Crippen molar-refractivity contribution in [3.05, 3.63) is 34.9 Å². The van der Waals surface area contributed by atoms with Gasteiger partial charge in [0, 0.05) is 0 Å². The first-order valence-corrected chi connectivity index (χ1v) is 7.34. The van der Waals surface area contributed by atoms with Crippen molar-refractivity contribution < 1.29 is 18.3 Å². The molecule has 0 bridgehead atoms. The van der Waals surface area contributed by atoms with Crippen LogP contribution in [-0.2, 0) is 11.8 Å². The van der Waals surface area contributed by atoms with E-state index in [-0.39, 0.29) is 5.41 Å². The van der Waals surface area contributed by atoms with E-state index in [0.29, 0.717) is 29.9 Å².